The van der Waals surface area contributed by atoms with E-state index in [4.69, 9.17) is 6.42 Å². The summed E-state index contributed by atoms with van der Waals surface area (Å²) in [4.78, 5) is 21.7. The van der Waals surface area contributed by atoms with E-state index in [1.807, 2.05) is 0 Å². The van der Waals surface area contributed by atoms with Gasteiger partial charge in [-0.2, -0.15) is 0 Å². The predicted octanol–water partition coefficient (Wildman–Crippen LogP) is 0.630. The van der Waals surface area contributed by atoms with E-state index in [1.54, 1.807) is 0 Å². The van der Waals surface area contributed by atoms with Crippen molar-refractivity contribution in [2.45, 2.75) is 12.8 Å². The largest absolute Gasteiger partial charge is 0.449 e. The van der Waals surface area contributed by atoms with Crippen molar-refractivity contribution in [3.05, 3.63) is 12.3 Å². The monoisotopic (exact) mass is 194 g/mol. The van der Waals surface area contributed by atoms with Gasteiger partial charge in [-0.05, 0) is 12.8 Å². The summed E-state index contributed by atoms with van der Waals surface area (Å²) in [7, 11) is 0. The fourth-order valence-electron chi connectivity index (χ4n) is 0.733. The molecular formula is C10H10O4. The van der Waals surface area contributed by atoms with Crippen LogP contribution in [-0.2, 0) is 19.1 Å². The molecule has 1 fully saturated rings. The van der Waals surface area contributed by atoms with Crippen molar-refractivity contribution in [1.29, 1.82) is 0 Å². The summed E-state index contributed by atoms with van der Waals surface area (Å²) in [5.41, 5.74) is 0. The molecule has 1 aliphatic carbocycles. The van der Waals surface area contributed by atoms with E-state index in [0.29, 0.717) is 0 Å². The number of esters is 2. The fraction of sp³-hybridized carbons (Fsp3) is 0.400. The first-order chi connectivity index (χ1) is 6.74. The fourth-order valence-corrected chi connectivity index (χ4v) is 0.733. The molecule has 0 aliphatic heterocycles. The smallest absolute Gasteiger partial charge is 0.334 e. The zero-order chi connectivity index (χ0) is 10.4. The Hall–Kier alpha value is -1.76. The van der Waals surface area contributed by atoms with E-state index in [2.05, 4.69) is 15.4 Å². The SMILES string of the molecule is C#CCOC(=O)/C=C/OC(=O)C1CC1. The zero-order valence-electron chi connectivity index (χ0n) is 7.56. The van der Waals surface area contributed by atoms with Crippen LogP contribution >= 0.6 is 0 Å². The van der Waals surface area contributed by atoms with Crippen molar-refractivity contribution in [2.24, 2.45) is 5.92 Å². The number of carbonyl (C=O) groups is 2. The van der Waals surface area contributed by atoms with Gasteiger partial charge < -0.3 is 9.47 Å². The molecule has 0 radical (unpaired) electrons. The highest BCUT2D eigenvalue weighted by molar-refractivity contribution is 5.82. The number of terminal acetylenes is 1. The Morgan fingerprint density at radius 3 is 2.79 bits per heavy atom. The standard InChI is InChI=1S/C10H10O4/c1-2-6-13-9(11)5-7-14-10(12)8-3-4-8/h1,5,7-8H,3-4,6H2/b7-5+. The lowest BCUT2D eigenvalue weighted by Gasteiger charge is -1.95. The van der Waals surface area contributed by atoms with Crippen molar-refractivity contribution in [3.63, 3.8) is 0 Å². The first-order valence-electron chi connectivity index (χ1n) is 4.21. The average Bonchev–Trinajstić information content (AvgIpc) is 2.97. The minimum atomic E-state index is -0.619. The molecule has 1 saturated carbocycles. The number of rotatable bonds is 4. The van der Waals surface area contributed by atoms with Crippen LogP contribution in [0.4, 0.5) is 0 Å². The van der Waals surface area contributed by atoms with Gasteiger partial charge in [-0.3, -0.25) is 4.79 Å². The topological polar surface area (TPSA) is 52.6 Å². The van der Waals surface area contributed by atoms with Gasteiger partial charge in [0.25, 0.3) is 0 Å². The van der Waals surface area contributed by atoms with Crippen LogP contribution in [0.3, 0.4) is 0 Å². The highest BCUT2D eigenvalue weighted by Gasteiger charge is 2.30. The van der Waals surface area contributed by atoms with E-state index in [0.717, 1.165) is 25.2 Å². The predicted molar refractivity (Wildman–Crippen MR) is 47.7 cm³/mol. The molecule has 0 atom stereocenters. The summed E-state index contributed by atoms with van der Waals surface area (Å²) in [5.74, 6) is 1.24. The van der Waals surface area contributed by atoms with Crippen LogP contribution in [0.5, 0.6) is 0 Å². The third kappa shape index (κ3) is 3.76. The maximum Gasteiger partial charge on any atom is 0.334 e. The summed E-state index contributed by atoms with van der Waals surface area (Å²) in [6, 6.07) is 0. The molecule has 0 heterocycles. The molecule has 0 saturated heterocycles. The Morgan fingerprint density at radius 2 is 2.21 bits per heavy atom. The van der Waals surface area contributed by atoms with Crippen molar-refractivity contribution >= 4 is 11.9 Å². The second-order valence-corrected chi connectivity index (χ2v) is 2.83. The average molecular weight is 194 g/mol. The molecule has 1 aliphatic rings. The molecular weight excluding hydrogens is 184 g/mol. The summed E-state index contributed by atoms with van der Waals surface area (Å²) in [6.07, 6.45) is 8.66. The van der Waals surface area contributed by atoms with Gasteiger partial charge in [0.1, 0.15) is 6.26 Å². The Kier molecular flexibility index (Phi) is 3.74. The summed E-state index contributed by atoms with van der Waals surface area (Å²) >= 11 is 0. The van der Waals surface area contributed by atoms with E-state index >= 15 is 0 Å². The first-order valence-corrected chi connectivity index (χ1v) is 4.21. The van der Waals surface area contributed by atoms with E-state index in [-0.39, 0.29) is 18.5 Å². The first kappa shape index (κ1) is 10.3. The molecule has 74 valence electrons. The van der Waals surface area contributed by atoms with Gasteiger partial charge in [-0.1, -0.05) is 5.92 Å². The molecule has 0 unspecified atom stereocenters. The Bertz CT molecular complexity index is 294. The molecule has 4 heteroatoms. The Labute approximate surface area is 81.9 Å². The third-order valence-corrected chi connectivity index (χ3v) is 1.60. The summed E-state index contributed by atoms with van der Waals surface area (Å²) in [5, 5.41) is 0. The van der Waals surface area contributed by atoms with E-state index in [1.165, 1.54) is 0 Å². The molecule has 0 spiro atoms. The van der Waals surface area contributed by atoms with Crippen LogP contribution in [0.15, 0.2) is 12.3 Å². The maximum absolute atomic E-state index is 10.9. The molecule has 14 heavy (non-hydrogen) atoms. The Morgan fingerprint density at radius 1 is 1.50 bits per heavy atom. The van der Waals surface area contributed by atoms with Crippen molar-refractivity contribution in [1.82, 2.24) is 0 Å². The second-order valence-electron chi connectivity index (χ2n) is 2.83. The van der Waals surface area contributed by atoms with Gasteiger partial charge in [0, 0.05) is 0 Å². The van der Waals surface area contributed by atoms with E-state index in [9.17, 15) is 9.59 Å². The van der Waals surface area contributed by atoms with Crippen LogP contribution in [-0.4, -0.2) is 18.5 Å². The Balaban J connectivity index is 2.15. The lowest BCUT2D eigenvalue weighted by molar-refractivity contribution is -0.139. The van der Waals surface area contributed by atoms with Crippen LogP contribution in [0.1, 0.15) is 12.8 Å². The van der Waals surface area contributed by atoms with Gasteiger partial charge in [0.15, 0.2) is 6.61 Å². The third-order valence-electron chi connectivity index (χ3n) is 1.60. The normalized spacial score (nSPS) is 14.8. The number of ether oxygens (including phenoxy) is 2. The summed E-state index contributed by atoms with van der Waals surface area (Å²) in [6.45, 7) is -0.0836. The van der Waals surface area contributed by atoms with Crippen LogP contribution in [0.2, 0.25) is 0 Å². The number of carbonyl (C=O) groups excluding carboxylic acids is 2. The molecule has 0 aromatic rings. The molecule has 0 amide bonds. The lowest BCUT2D eigenvalue weighted by Crippen LogP contribution is -2.04. The molecule has 4 nitrogen and oxygen atoms in total. The van der Waals surface area contributed by atoms with Gasteiger partial charge in [-0.25, -0.2) is 4.79 Å². The maximum atomic E-state index is 10.9. The van der Waals surface area contributed by atoms with Crippen molar-refractivity contribution in [3.8, 4) is 12.3 Å². The van der Waals surface area contributed by atoms with Crippen molar-refractivity contribution < 1.29 is 19.1 Å². The van der Waals surface area contributed by atoms with Crippen LogP contribution < -0.4 is 0 Å². The van der Waals surface area contributed by atoms with Crippen molar-refractivity contribution in [2.75, 3.05) is 6.61 Å². The number of hydrogen-bond donors (Lipinski definition) is 0. The minimum absolute atomic E-state index is 0.0152. The highest BCUT2D eigenvalue weighted by atomic mass is 16.5. The zero-order valence-corrected chi connectivity index (χ0v) is 7.56. The van der Waals surface area contributed by atoms with Gasteiger partial charge >= 0.3 is 11.9 Å². The van der Waals surface area contributed by atoms with Crippen LogP contribution in [0.25, 0.3) is 0 Å². The highest BCUT2D eigenvalue weighted by Crippen LogP contribution is 2.29. The molecule has 0 N–H and O–H groups in total. The minimum Gasteiger partial charge on any atom is -0.449 e. The van der Waals surface area contributed by atoms with Crippen LogP contribution in [0, 0.1) is 18.3 Å². The van der Waals surface area contributed by atoms with Gasteiger partial charge in [0.2, 0.25) is 0 Å². The second kappa shape index (κ2) is 5.07. The summed E-state index contributed by atoms with van der Waals surface area (Å²) < 4.78 is 9.14. The lowest BCUT2D eigenvalue weighted by atomic mass is 10.4. The van der Waals surface area contributed by atoms with Gasteiger partial charge in [0.05, 0.1) is 12.0 Å². The quantitative estimate of drug-likeness (QED) is 0.285. The molecule has 0 aromatic carbocycles. The molecule has 0 bridgehead atoms. The number of hydrogen-bond acceptors (Lipinski definition) is 4. The van der Waals surface area contributed by atoms with Gasteiger partial charge in [-0.15, -0.1) is 6.42 Å². The molecule has 1 rings (SSSR count). The van der Waals surface area contributed by atoms with E-state index < -0.39 is 5.97 Å². The molecule has 0 aromatic heterocycles.